The van der Waals surface area contributed by atoms with Crippen molar-refractivity contribution in [1.82, 2.24) is 10.2 Å². The fraction of sp³-hybridized carbons (Fsp3) is 0.700. The van der Waals surface area contributed by atoms with Crippen LogP contribution < -0.4 is 5.32 Å². The van der Waals surface area contributed by atoms with Crippen molar-refractivity contribution < 1.29 is 9.90 Å². The van der Waals surface area contributed by atoms with E-state index in [9.17, 15) is 4.79 Å². The quantitative estimate of drug-likeness (QED) is 0.172. The molecule has 1 fully saturated rings. The summed E-state index contributed by atoms with van der Waals surface area (Å²) in [6.45, 7) is 10.4. The van der Waals surface area contributed by atoms with E-state index in [0.717, 1.165) is 32.1 Å². The van der Waals surface area contributed by atoms with Crippen LogP contribution in [-0.2, 0) is 4.79 Å². The summed E-state index contributed by atoms with van der Waals surface area (Å²) in [5, 5.41) is 11.7. The molecule has 194 valence electrons. The predicted molar refractivity (Wildman–Crippen MR) is 147 cm³/mol. The van der Waals surface area contributed by atoms with E-state index in [1.807, 2.05) is 0 Å². The average molecular weight is 473 g/mol. The van der Waals surface area contributed by atoms with Crippen molar-refractivity contribution in [3.8, 4) is 0 Å². The summed E-state index contributed by atoms with van der Waals surface area (Å²) in [4.78, 5) is 14.2. The third-order valence-electron chi connectivity index (χ3n) is 6.34. The van der Waals surface area contributed by atoms with Crippen LogP contribution in [0.3, 0.4) is 0 Å². The van der Waals surface area contributed by atoms with Gasteiger partial charge in [-0.1, -0.05) is 75.3 Å². The number of hydrogen-bond acceptors (Lipinski definition) is 3. The summed E-state index contributed by atoms with van der Waals surface area (Å²) in [5.41, 5.74) is 0.295. The van der Waals surface area contributed by atoms with Crippen LogP contribution in [-0.4, -0.2) is 48.2 Å². The molecule has 0 bridgehead atoms. The van der Waals surface area contributed by atoms with Crippen LogP contribution in [0.5, 0.6) is 0 Å². The highest BCUT2D eigenvalue weighted by atomic mass is 16.3. The van der Waals surface area contributed by atoms with Crippen molar-refractivity contribution in [3.63, 3.8) is 0 Å². The minimum absolute atomic E-state index is 0.0127. The minimum Gasteiger partial charge on any atom is -0.394 e. The number of hydrogen-bond donors (Lipinski definition) is 2. The highest BCUT2D eigenvalue weighted by molar-refractivity contribution is 5.76. The lowest BCUT2D eigenvalue weighted by atomic mass is 9.86. The molecule has 1 aliphatic heterocycles. The molecule has 0 saturated carbocycles. The van der Waals surface area contributed by atoms with E-state index in [4.69, 9.17) is 5.11 Å². The summed E-state index contributed by atoms with van der Waals surface area (Å²) in [5.74, 6) is 0.0169. The summed E-state index contributed by atoms with van der Waals surface area (Å²) < 4.78 is 0. The van der Waals surface area contributed by atoms with Gasteiger partial charge < -0.3 is 15.3 Å². The maximum absolute atomic E-state index is 11.6. The molecule has 0 aliphatic carbocycles. The Bertz CT molecular complexity index is 628. The van der Waals surface area contributed by atoms with Gasteiger partial charge in [-0.3, -0.25) is 4.79 Å². The van der Waals surface area contributed by atoms with Gasteiger partial charge in [0.2, 0.25) is 5.91 Å². The molecule has 2 N–H and O–H groups in total. The molecule has 0 unspecified atom stereocenters. The lowest BCUT2D eigenvalue weighted by molar-refractivity contribution is -0.122. The van der Waals surface area contributed by atoms with Crippen molar-refractivity contribution >= 4 is 5.91 Å². The van der Waals surface area contributed by atoms with Gasteiger partial charge in [0.15, 0.2) is 0 Å². The third-order valence-corrected chi connectivity index (χ3v) is 6.34. The summed E-state index contributed by atoms with van der Waals surface area (Å²) in [6, 6.07) is -0.158. The number of nitrogens with one attached hydrogen (secondary N) is 1. The standard InChI is InChI=1S/C30H52N2O2/c1-28(27-33)31-29(34)21-15-12-10-8-6-4-5-7-9-11-13-16-22-30(2,3)23-17-20-26-32-24-18-14-19-25-32/h4-5,8-11,16,22,28,33H,6-7,12-15,17-21,23-27H2,1-3H3,(H,31,34)/b5-4-,10-8-,11-9-,22-16-/t28-/m1/s1. The lowest BCUT2D eigenvalue weighted by Crippen LogP contribution is -2.34. The highest BCUT2D eigenvalue weighted by Gasteiger charge is 2.14. The first-order valence-electron chi connectivity index (χ1n) is 13.7. The topological polar surface area (TPSA) is 52.6 Å². The molecule has 1 atom stereocenters. The fourth-order valence-electron chi connectivity index (χ4n) is 4.18. The number of allylic oxidation sites excluding steroid dienone is 8. The van der Waals surface area contributed by atoms with Gasteiger partial charge in [0.25, 0.3) is 0 Å². The Balaban J connectivity index is 2.01. The third kappa shape index (κ3) is 17.8. The van der Waals surface area contributed by atoms with E-state index >= 15 is 0 Å². The number of nitrogens with zero attached hydrogens (tertiary/aromatic N) is 1. The zero-order valence-electron chi connectivity index (χ0n) is 22.3. The van der Waals surface area contributed by atoms with E-state index in [1.165, 1.54) is 58.2 Å². The van der Waals surface area contributed by atoms with Gasteiger partial charge in [-0.2, -0.15) is 0 Å². The molecular formula is C30H52N2O2. The second-order valence-corrected chi connectivity index (χ2v) is 10.4. The Morgan fingerprint density at radius 1 is 0.912 bits per heavy atom. The molecule has 34 heavy (non-hydrogen) atoms. The molecule has 0 aromatic carbocycles. The second-order valence-electron chi connectivity index (χ2n) is 10.4. The van der Waals surface area contributed by atoms with Gasteiger partial charge in [0, 0.05) is 12.5 Å². The Labute approximate surface area is 210 Å². The molecule has 0 aromatic heterocycles. The van der Waals surface area contributed by atoms with Crippen LogP contribution in [0.15, 0.2) is 48.6 Å². The van der Waals surface area contributed by atoms with Crippen LogP contribution in [0.2, 0.25) is 0 Å². The Kier molecular flexibility index (Phi) is 17.5. The normalized spacial score (nSPS) is 16.9. The first kappa shape index (κ1) is 30.4. The summed E-state index contributed by atoms with van der Waals surface area (Å²) in [7, 11) is 0. The monoisotopic (exact) mass is 472 g/mol. The van der Waals surface area contributed by atoms with Gasteiger partial charge in [-0.15, -0.1) is 0 Å². The Hall–Kier alpha value is -1.65. The van der Waals surface area contributed by atoms with Gasteiger partial charge >= 0.3 is 0 Å². The van der Waals surface area contributed by atoms with Crippen molar-refractivity contribution in [2.75, 3.05) is 26.2 Å². The van der Waals surface area contributed by atoms with Gasteiger partial charge in [0.1, 0.15) is 0 Å². The first-order chi connectivity index (χ1) is 16.4. The number of carbonyl (C=O) groups is 1. The number of unbranched alkanes of at least 4 members (excludes halogenated alkanes) is 2. The molecule has 4 heteroatoms. The van der Waals surface area contributed by atoms with Gasteiger partial charge in [-0.25, -0.2) is 0 Å². The van der Waals surface area contributed by atoms with Crippen molar-refractivity contribution in [2.24, 2.45) is 5.41 Å². The molecule has 1 aliphatic rings. The smallest absolute Gasteiger partial charge is 0.220 e. The Morgan fingerprint density at radius 2 is 1.53 bits per heavy atom. The molecule has 1 heterocycles. The van der Waals surface area contributed by atoms with E-state index in [-0.39, 0.29) is 18.6 Å². The number of piperidine rings is 1. The van der Waals surface area contributed by atoms with Crippen LogP contribution >= 0.6 is 0 Å². The molecule has 1 saturated heterocycles. The molecule has 1 amide bonds. The summed E-state index contributed by atoms with van der Waals surface area (Å²) in [6.07, 6.45) is 31.2. The van der Waals surface area contributed by atoms with Gasteiger partial charge in [0.05, 0.1) is 6.61 Å². The highest BCUT2D eigenvalue weighted by Crippen LogP contribution is 2.25. The first-order valence-corrected chi connectivity index (χ1v) is 13.7. The largest absolute Gasteiger partial charge is 0.394 e. The van der Waals surface area contributed by atoms with Crippen LogP contribution in [0, 0.1) is 5.41 Å². The number of likely N-dealkylation sites (tertiary alicyclic amines) is 1. The SMILES string of the molecule is C[C@H](CO)NC(=O)CCC/C=C\C/C=C\C/C=C\C/C=C\C(C)(C)CCCCN1CCCCC1. The van der Waals surface area contributed by atoms with Crippen molar-refractivity contribution in [2.45, 2.75) is 104 Å². The van der Waals surface area contributed by atoms with Crippen LogP contribution in [0.1, 0.15) is 97.8 Å². The zero-order valence-corrected chi connectivity index (χ0v) is 22.3. The number of carbonyl (C=O) groups excluding carboxylic acids is 1. The maximum atomic E-state index is 11.6. The van der Waals surface area contributed by atoms with Crippen molar-refractivity contribution in [1.29, 1.82) is 0 Å². The molecular weight excluding hydrogens is 420 g/mol. The van der Waals surface area contributed by atoms with Crippen molar-refractivity contribution in [3.05, 3.63) is 48.6 Å². The lowest BCUT2D eigenvalue weighted by Gasteiger charge is -2.27. The average Bonchev–Trinajstić information content (AvgIpc) is 2.82. The summed E-state index contributed by atoms with van der Waals surface area (Å²) >= 11 is 0. The number of aliphatic hydroxyl groups excluding tert-OH is 1. The molecule has 0 aromatic rings. The fourth-order valence-corrected chi connectivity index (χ4v) is 4.18. The van der Waals surface area contributed by atoms with E-state index in [0.29, 0.717) is 11.8 Å². The second kappa shape index (κ2) is 19.6. The molecule has 1 rings (SSSR count). The number of amides is 1. The number of rotatable bonds is 18. The zero-order chi connectivity index (χ0) is 24.9. The van der Waals surface area contributed by atoms with Crippen LogP contribution in [0.25, 0.3) is 0 Å². The molecule has 4 nitrogen and oxygen atoms in total. The van der Waals surface area contributed by atoms with E-state index in [2.05, 4.69) is 72.7 Å². The van der Waals surface area contributed by atoms with E-state index in [1.54, 1.807) is 6.92 Å². The molecule has 0 spiro atoms. The predicted octanol–water partition coefficient (Wildman–Crippen LogP) is 6.73. The molecule has 0 radical (unpaired) electrons. The minimum atomic E-state index is -0.158. The Morgan fingerprint density at radius 3 is 2.18 bits per heavy atom. The maximum Gasteiger partial charge on any atom is 0.220 e. The number of aliphatic hydroxyl groups is 1. The van der Waals surface area contributed by atoms with Crippen LogP contribution in [0.4, 0.5) is 0 Å². The van der Waals surface area contributed by atoms with E-state index < -0.39 is 0 Å². The van der Waals surface area contributed by atoms with Gasteiger partial charge in [-0.05, 0) is 89.8 Å².